The first-order chi connectivity index (χ1) is 7.00. The number of fused-ring (bicyclic) bond motifs is 1. The van der Waals surface area contributed by atoms with Crippen molar-refractivity contribution in [1.82, 2.24) is 4.90 Å². The van der Waals surface area contributed by atoms with E-state index in [1.165, 1.54) is 6.42 Å². The zero-order valence-corrected chi connectivity index (χ0v) is 9.69. The minimum atomic E-state index is -0.127. The van der Waals surface area contributed by atoms with Crippen molar-refractivity contribution in [3.05, 3.63) is 0 Å². The Morgan fingerprint density at radius 3 is 2.40 bits per heavy atom. The zero-order valence-electron chi connectivity index (χ0n) is 9.69. The molecule has 2 fully saturated rings. The molecule has 2 unspecified atom stereocenters. The molecule has 84 valence electrons. The minimum Gasteiger partial charge on any atom is -0.332 e. The largest absolute Gasteiger partial charge is 0.332 e. The van der Waals surface area contributed by atoms with E-state index >= 15 is 0 Å². The van der Waals surface area contributed by atoms with Gasteiger partial charge in [-0.1, -0.05) is 6.92 Å². The summed E-state index contributed by atoms with van der Waals surface area (Å²) >= 11 is 0. The summed E-state index contributed by atoms with van der Waals surface area (Å²) in [5.41, 5.74) is 0. The average molecular weight is 209 g/mol. The molecular weight excluding hydrogens is 190 g/mol. The number of amides is 1. The number of hydrogen-bond acceptors (Lipinski definition) is 2. The quantitative estimate of drug-likeness (QED) is 0.655. The lowest BCUT2D eigenvalue weighted by Gasteiger charge is -2.25. The number of rotatable bonds is 1. The lowest BCUT2D eigenvalue weighted by atomic mass is 9.92. The van der Waals surface area contributed by atoms with Gasteiger partial charge in [0.2, 0.25) is 5.91 Å². The second-order valence-corrected chi connectivity index (χ2v) is 5.23. The van der Waals surface area contributed by atoms with Crippen LogP contribution in [0.15, 0.2) is 0 Å². The van der Waals surface area contributed by atoms with Gasteiger partial charge in [-0.15, -0.1) is 0 Å². The van der Waals surface area contributed by atoms with Crippen molar-refractivity contribution in [2.45, 2.75) is 39.7 Å². The Bertz CT molecular complexity index is 300. The summed E-state index contributed by atoms with van der Waals surface area (Å²) in [5, 5.41) is 0. The Balaban J connectivity index is 2.21. The van der Waals surface area contributed by atoms with E-state index in [0.717, 1.165) is 18.9 Å². The van der Waals surface area contributed by atoms with Crippen molar-refractivity contribution in [3.63, 3.8) is 0 Å². The van der Waals surface area contributed by atoms with Gasteiger partial charge in [-0.05, 0) is 37.5 Å². The summed E-state index contributed by atoms with van der Waals surface area (Å²) in [4.78, 5) is 24.8. The van der Waals surface area contributed by atoms with E-state index in [1.54, 1.807) is 18.7 Å². The van der Waals surface area contributed by atoms with Crippen LogP contribution in [-0.4, -0.2) is 29.2 Å². The monoisotopic (exact) mass is 209 g/mol. The Morgan fingerprint density at radius 2 is 1.87 bits per heavy atom. The number of carbonyl (C=O) groups excluding carboxylic acids is 2. The summed E-state index contributed by atoms with van der Waals surface area (Å²) < 4.78 is 0. The molecule has 0 bridgehead atoms. The van der Waals surface area contributed by atoms with Crippen LogP contribution in [0.1, 0.15) is 33.6 Å². The van der Waals surface area contributed by atoms with Crippen molar-refractivity contribution in [2.75, 3.05) is 6.54 Å². The standard InChI is InChI=1S/C12H19NO2/c1-7-4-10-6-13(9(3)15)12(8(2)14)11(10)5-7/h7,10-12H,4-6H2,1-3H3/t7?,10?,11-,12+/m0/s1. The molecule has 2 rings (SSSR count). The summed E-state index contributed by atoms with van der Waals surface area (Å²) in [7, 11) is 0. The SMILES string of the molecule is CC(=O)[C@@H]1[C@H]2CC(C)CC2CN1C(C)=O. The number of nitrogens with zero attached hydrogens (tertiary/aromatic N) is 1. The highest BCUT2D eigenvalue weighted by Gasteiger charge is 2.48. The summed E-state index contributed by atoms with van der Waals surface area (Å²) in [5.74, 6) is 1.93. The number of Topliss-reactive ketones (excluding diaryl/α,β-unsaturated/α-hetero) is 1. The fraction of sp³-hybridized carbons (Fsp3) is 0.833. The van der Waals surface area contributed by atoms with Crippen LogP contribution in [0, 0.1) is 17.8 Å². The number of carbonyl (C=O) groups is 2. The summed E-state index contributed by atoms with van der Waals surface area (Å²) in [6, 6.07) is -0.127. The predicted octanol–water partition coefficient (Wildman–Crippen LogP) is 1.47. The second-order valence-electron chi connectivity index (χ2n) is 5.23. The maximum absolute atomic E-state index is 11.6. The van der Waals surface area contributed by atoms with Gasteiger partial charge in [-0.3, -0.25) is 9.59 Å². The lowest BCUT2D eigenvalue weighted by Crippen LogP contribution is -2.41. The van der Waals surface area contributed by atoms with Gasteiger partial charge in [0.25, 0.3) is 0 Å². The molecule has 15 heavy (non-hydrogen) atoms. The molecular formula is C12H19NO2. The van der Waals surface area contributed by atoms with Crippen LogP contribution >= 0.6 is 0 Å². The van der Waals surface area contributed by atoms with Crippen molar-refractivity contribution in [1.29, 1.82) is 0 Å². The lowest BCUT2D eigenvalue weighted by molar-refractivity contribution is -0.136. The molecule has 0 N–H and O–H groups in total. The van der Waals surface area contributed by atoms with Gasteiger partial charge in [0.05, 0.1) is 6.04 Å². The van der Waals surface area contributed by atoms with E-state index in [-0.39, 0.29) is 17.7 Å². The Hall–Kier alpha value is -0.860. The van der Waals surface area contributed by atoms with Gasteiger partial charge < -0.3 is 4.90 Å². The molecule has 1 aliphatic carbocycles. The van der Waals surface area contributed by atoms with Gasteiger partial charge in [-0.2, -0.15) is 0 Å². The van der Waals surface area contributed by atoms with E-state index < -0.39 is 0 Å². The van der Waals surface area contributed by atoms with Gasteiger partial charge in [0.15, 0.2) is 5.78 Å². The number of ketones is 1. The summed E-state index contributed by atoms with van der Waals surface area (Å²) in [6.45, 7) is 6.23. The van der Waals surface area contributed by atoms with Gasteiger partial charge in [0, 0.05) is 13.5 Å². The Morgan fingerprint density at radius 1 is 1.20 bits per heavy atom. The molecule has 3 heteroatoms. The van der Waals surface area contributed by atoms with E-state index in [4.69, 9.17) is 0 Å². The first-order valence-corrected chi connectivity index (χ1v) is 5.78. The van der Waals surface area contributed by atoms with Crippen LogP contribution in [-0.2, 0) is 9.59 Å². The highest BCUT2D eigenvalue weighted by molar-refractivity contribution is 5.87. The van der Waals surface area contributed by atoms with E-state index in [9.17, 15) is 9.59 Å². The average Bonchev–Trinajstić information content (AvgIpc) is 2.58. The molecule has 0 aromatic rings. The van der Waals surface area contributed by atoms with Gasteiger partial charge >= 0.3 is 0 Å². The smallest absolute Gasteiger partial charge is 0.220 e. The molecule has 1 saturated carbocycles. The number of likely N-dealkylation sites (tertiary alicyclic amines) is 1. The van der Waals surface area contributed by atoms with Crippen LogP contribution in [0.2, 0.25) is 0 Å². The predicted molar refractivity (Wildman–Crippen MR) is 57.2 cm³/mol. The molecule has 0 aromatic heterocycles. The Kier molecular flexibility index (Phi) is 2.57. The first-order valence-electron chi connectivity index (χ1n) is 5.78. The van der Waals surface area contributed by atoms with E-state index in [1.807, 2.05) is 0 Å². The molecule has 1 saturated heterocycles. The molecule has 1 aliphatic heterocycles. The normalized spacial score (nSPS) is 39.3. The molecule has 3 nitrogen and oxygen atoms in total. The molecule has 4 atom stereocenters. The van der Waals surface area contributed by atoms with Crippen LogP contribution in [0.3, 0.4) is 0 Å². The third-order valence-electron chi connectivity index (χ3n) is 3.98. The Labute approximate surface area is 90.8 Å². The topological polar surface area (TPSA) is 37.4 Å². The molecule has 2 aliphatic rings. The highest BCUT2D eigenvalue weighted by Crippen LogP contribution is 2.45. The van der Waals surface area contributed by atoms with Crippen LogP contribution in [0.5, 0.6) is 0 Å². The van der Waals surface area contributed by atoms with Gasteiger partial charge in [0.1, 0.15) is 0 Å². The van der Waals surface area contributed by atoms with Crippen LogP contribution in [0.4, 0.5) is 0 Å². The number of hydrogen-bond donors (Lipinski definition) is 0. The highest BCUT2D eigenvalue weighted by atomic mass is 16.2. The first kappa shape index (κ1) is 10.7. The maximum Gasteiger partial charge on any atom is 0.220 e. The minimum absolute atomic E-state index is 0.0530. The van der Waals surface area contributed by atoms with Crippen LogP contribution < -0.4 is 0 Å². The third kappa shape index (κ3) is 1.68. The zero-order chi connectivity index (χ0) is 11.2. The van der Waals surface area contributed by atoms with E-state index in [2.05, 4.69) is 6.92 Å². The van der Waals surface area contributed by atoms with E-state index in [0.29, 0.717) is 11.8 Å². The van der Waals surface area contributed by atoms with Crippen molar-refractivity contribution < 1.29 is 9.59 Å². The van der Waals surface area contributed by atoms with Crippen molar-refractivity contribution in [2.24, 2.45) is 17.8 Å². The molecule has 0 aromatic carbocycles. The summed E-state index contributed by atoms with van der Waals surface area (Å²) in [6.07, 6.45) is 2.29. The fourth-order valence-electron chi connectivity index (χ4n) is 3.48. The fourth-order valence-corrected chi connectivity index (χ4v) is 3.48. The molecule has 0 spiro atoms. The van der Waals surface area contributed by atoms with Crippen LogP contribution in [0.25, 0.3) is 0 Å². The van der Waals surface area contributed by atoms with Crippen molar-refractivity contribution >= 4 is 11.7 Å². The van der Waals surface area contributed by atoms with Gasteiger partial charge in [-0.25, -0.2) is 0 Å². The third-order valence-corrected chi connectivity index (χ3v) is 3.98. The molecule has 0 radical (unpaired) electrons. The van der Waals surface area contributed by atoms with Crippen molar-refractivity contribution in [3.8, 4) is 0 Å². The molecule has 1 heterocycles. The molecule has 1 amide bonds. The maximum atomic E-state index is 11.6. The second kappa shape index (κ2) is 3.62.